The molecule has 3 aromatic carbocycles. The zero-order chi connectivity index (χ0) is 31.3. The van der Waals surface area contributed by atoms with E-state index in [0.29, 0.717) is 0 Å². The van der Waals surface area contributed by atoms with Crippen LogP contribution in [0.1, 0.15) is 75.0 Å². The molecule has 0 amide bonds. The Kier molecular flexibility index (Phi) is 10.2. The Labute approximate surface area is 290 Å². The summed E-state index contributed by atoms with van der Waals surface area (Å²) in [6, 6.07) is 37.1. The van der Waals surface area contributed by atoms with Crippen LogP contribution in [0.2, 0.25) is 0 Å². The van der Waals surface area contributed by atoms with Crippen LogP contribution in [0.5, 0.6) is 0 Å². The Morgan fingerprint density at radius 2 is 0.783 bits per heavy atom. The molecule has 0 unspecified atom stereocenters. The van der Waals surface area contributed by atoms with E-state index in [1.165, 1.54) is 136 Å². The van der Waals surface area contributed by atoms with Gasteiger partial charge in [-0.15, -0.1) is 45.3 Å². The molecule has 4 heterocycles. The molecule has 0 bridgehead atoms. The molecule has 0 aliphatic rings. The average Bonchev–Trinajstić information content (AvgIpc) is 3.92. The van der Waals surface area contributed by atoms with Crippen LogP contribution in [0.4, 0.5) is 0 Å². The van der Waals surface area contributed by atoms with Crippen molar-refractivity contribution in [2.45, 2.75) is 78.1 Å². The number of unbranched alkanes of at least 4 members (excludes halogenated alkanes) is 6. The lowest BCUT2D eigenvalue weighted by Crippen LogP contribution is -1.81. The van der Waals surface area contributed by atoms with Gasteiger partial charge in [0.05, 0.1) is 0 Å². The number of rotatable bonds is 14. The van der Waals surface area contributed by atoms with Gasteiger partial charge in [0, 0.05) is 39.0 Å². The molecular formula is C42H42S4. The van der Waals surface area contributed by atoms with Gasteiger partial charge >= 0.3 is 0 Å². The van der Waals surface area contributed by atoms with E-state index < -0.39 is 0 Å². The molecular weight excluding hydrogens is 633 g/mol. The van der Waals surface area contributed by atoms with Crippen LogP contribution in [0.3, 0.4) is 0 Å². The molecule has 234 valence electrons. The third kappa shape index (κ3) is 7.11. The van der Waals surface area contributed by atoms with Crippen molar-refractivity contribution in [3.05, 3.63) is 107 Å². The van der Waals surface area contributed by atoms with Crippen LogP contribution in [0, 0.1) is 0 Å². The highest BCUT2D eigenvalue weighted by Gasteiger charge is 2.12. The zero-order valence-corrected chi connectivity index (χ0v) is 30.2. The summed E-state index contributed by atoms with van der Waals surface area (Å²) in [4.78, 5) is 11.3. The molecule has 7 rings (SSSR count). The highest BCUT2D eigenvalue weighted by atomic mass is 32.1. The van der Waals surface area contributed by atoms with Crippen LogP contribution in [0.15, 0.2) is 97.1 Å². The van der Waals surface area contributed by atoms with Gasteiger partial charge in [-0.2, -0.15) is 0 Å². The van der Waals surface area contributed by atoms with Gasteiger partial charge in [0.2, 0.25) is 0 Å². The summed E-state index contributed by atoms with van der Waals surface area (Å²) in [6.45, 7) is 4.56. The number of hydrogen-bond donors (Lipinski definition) is 0. The van der Waals surface area contributed by atoms with E-state index in [1.807, 2.05) is 45.3 Å². The monoisotopic (exact) mass is 674 g/mol. The Balaban J connectivity index is 1.06. The fraction of sp³-hybridized carbons (Fsp3) is 0.286. The maximum Gasteiger partial charge on any atom is 0.0449 e. The lowest BCUT2D eigenvalue weighted by Gasteiger charge is -2.08. The number of aryl methyl sites for hydroxylation is 2. The van der Waals surface area contributed by atoms with E-state index in [4.69, 9.17) is 0 Å². The molecule has 7 aromatic rings. The molecule has 0 saturated carbocycles. The second-order valence-corrected chi connectivity index (χ2v) is 16.9. The minimum atomic E-state index is 1.21. The average molecular weight is 675 g/mol. The first-order valence-corrected chi connectivity index (χ1v) is 20.3. The smallest absolute Gasteiger partial charge is 0.0449 e. The van der Waals surface area contributed by atoms with Crippen molar-refractivity contribution < 1.29 is 0 Å². The summed E-state index contributed by atoms with van der Waals surface area (Å²) >= 11 is 7.77. The van der Waals surface area contributed by atoms with E-state index in [1.54, 1.807) is 0 Å². The minimum Gasteiger partial charge on any atom is -0.139 e. The highest BCUT2D eigenvalue weighted by Crippen LogP contribution is 2.41. The topological polar surface area (TPSA) is 0 Å². The number of benzene rings is 3. The van der Waals surface area contributed by atoms with Crippen molar-refractivity contribution in [1.29, 1.82) is 0 Å². The minimum absolute atomic E-state index is 1.21. The molecule has 4 heteroatoms. The summed E-state index contributed by atoms with van der Waals surface area (Å²) in [7, 11) is 0. The van der Waals surface area contributed by atoms with Gasteiger partial charge in [-0.25, -0.2) is 0 Å². The van der Waals surface area contributed by atoms with Gasteiger partial charge < -0.3 is 0 Å². The SMILES string of the molecule is CCCCCCc1ccc(-c2ccc(-c3ccc4c(ccc5cc(-c6ccc(-c7ccc(CCCCCC)s7)s6)ccc54)c3)s2)s1. The number of hydrogen-bond acceptors (Lipinski definition) is 4. The summed E-state index contributed by atoms with van der Waals surface area (Å²) in [5, 5.41) is 5.26. The second-order valence-electron chi connectivity index (χ2n) is 12.4. The van der Waals surface area contributed by atoms with E-state index in [-0.39, 0.29) is 0 Å². The fourth-order valence-electron chi connectivity index (χ4n) is 6.37. The normalized spacial score (nSPS) is 11.7. The predicted octanol–water partition coefficient (Wildman–Crippen LogP) is 15.2. The third-order valence-corrected chi connectivity index (χ3v) is 13.9. The third-order valence-electron chi connectivity index (χ3n) is 8.98. The van der Waals surface area contributed by atoms with Crippen LogP contribution in [0.25, 0.3) is 61.9 Å². The van der Waals surface area contributed by atoms with Crippen LogP contribution >= 0.6 is 45.3 Å². The number of fused-ring (bicyclic) bond motifs is 3. The second kappa shape index (κ2) is 14.8. The van der Waals surface area contributed by atoms with Crippen LogP contribution in [-0.4, -0.2) is 0 Å². The molecule has 0 fully saturated rings. The fourth-order valence-corrected chi connectivity index (χ4v) is 10.7. The summed E-state index contributed by atoms with van der Waals surface area (Å²) in [6.07, 6.45) is 13.0. The van der Waals surface area contributed by atoms with Gasteiger partial charge in [-0.1, -0.05) is 88.8 Å². The van der Waals surface area contributed by atoms with Crippen molar-refractivity contribution in [3.63, 3.8) is 0 Å². The van der Waals surface area contributed by atoms with Gasteiger partial charge in [0.25, 0.3) is 0 Å². The van der Waals surface area contributed by atoms with Gasteiger partial charge in [-0.05, 0) is 119 Å². The lowest BCUT2D eigenvalue weighted by molar-refractivity contribution is 0.670. The molecule has 0 N–H and O–H groups in total. The van der Waals surface area contributed by atoms with Gasteiger partial charge in [0.15, 0.2) is 0 Å². The van der Waals surface area contributed by atoms with Crippen molar-refractivity contribution in [2.75, 3.05) is 0 Å². The highest BCUT2D eigenvalue weighted by molar-refractivity contribution is 7.24. The van der Waals surface area contributed by atoms with Crippen molar-refractivity contribution in [1.82, 2.24) is 0 Å². The van der Waals surface area contributed by atoms with Crippen LogP contribution in [-0.2, 0) is 12.8 Å². The quantitative estimate of drug-likeness (QED) is 0.0795. The molecule has 0 spiro atoms. The predicted molar refractivity (Wildman–Crippen MR) is 210 cm³/mol. The Morgan fingerprint density at radius 3 is 1.24 bits per heavy atom. The molecule has 0 aliphatic heterocycles. The molecule has 0 nitrogen and oxygen atoms in total. The van der Waals surface area contributed by atoms with E-state index in [9.17, 15) is 0 Å². The summed E-state index contributed by atoms with van der Waals surface area (Å²) < 4.78 is 0. The largest absolute Gasteiger partial charge is 0.139 e. The van der Waals surface area contributed by atoms with Crippen molar-refractivity contribution >= 4 is 66.9 Å². The van der Waals surface area contributed by atoms with Gasteiger partial charge in [0.1, 0.15) is 0 Å². The van der Waals surface area contributed by atoms with E-state index in [2.05, 4.69) is 111 Å². The lowest BCUT2D eigenvalue weighted by atomic mass is 9.98. The maximum atomic E-state index is 2.37. The Hall–Kier alpha value is -3.02. The first kappa shape index (κ1) is 31.6. The standard InChI is InChI=1S/C42H42S4/c1-3-5-7-9-11-33-17-21-39(43-33)41-25-23-37(45-41)31-15-19-35-29(27-31)13-14-30-28-32(16-20-36(30)35)38-24-26-42(46-38)40-22-18-34(44-40)12-10-8-6-4-2/h13-28H,3-12H2,1-2H3. The van der Waals surface area contributed by atoms with Crippen LogP contribution < -0.4 is 0 Å². The number of thiophene rings is 4. The first-order chi connectivity index (χ1) is 22.7. The molecule has 0 saturated heterocycles. The summed E-state index contributed by atoms with van der Waals surface area (Å²) in [5.74, 6) is 0. The molecule has 46 heavy (non-hydrogen) atoms. The summed E-state index contributed by atoms with van der Waals surface area (Å²) in [5.41, 5.74) is 2.61. The molecule has 0 radical (unpaired) electrons. The van der Waals surface area contributed by atoms with Gasteiger partial charge in [-0.3, -0.25) is 0 Å². The Morgan fingerprint density at radius 1 is 0.370 bits per heavy atom. The maximum absolute atomic E-state index is 2.37. The molecule has 4 aromatic heterocycles. The van der Waals surface area contributed by atoms with E-state index in [0.717, 1.165) is 0 Å². The zero-order valence-electron chi connectivity index (χ0n) is 26.9. The first-order valence-electron chi connectivity index (χ1n) is 17.0. The van der Waals surface area contributed by atoms with E-state index >= 15 is 0 Å². The Bertz CT molecular complexity index is 1900. The molecule has 0 aliphatic carbocycles. The van der Waals surface area contributed by atoms with Crippen molar-refractivity contribution in [2.24, 2.45) is 0 Å². The molecule has 0 atom stereocenters. The van der Waals surface area contributed by atoms with Crippen molar-refractivity contribution in [3.8, 4) is 40.4 Å².